The highest BCUT2D eigenvalue weighted by Crippen LogP contribution is 2.24. The molecule has 0 bridgehead atoms. The van der Waals surface area contributed by atoms with Gasteiger partial charge in [0.25, 0.3) is 0 Å². The van der Waals surface area contributed by atoms with Crippen molar-refractivity contribution in [3.8, 4) is 5.75 Å². The second kappa shape index (κ2) is 8.12. The molecule has 132 valence electrons. The molecule has 2 aromatic carbocycles. The summed E-state index contributed by atoms with van der Waals surface area (Å²) in [6.07, 6.45) is 0.754. The molecule has 1 aliphatic rings. The predicted molar refractivity (Wildman–Crippen MR) is 92.6 cm³/mol. The molecule has 0 spiro atoms. The SMILES string of the molecule is O=C(CC(O)c1cccc(F)c1)N1CCCC1COc1ccccc1. The van der Waals surface area contributed by atoms with Crippen molar-refractivity contribution in [2.24, 2.45) is 0 Å². The number of carbonyl (C=O) groups is 1. The molecule has 0 aromatic heterocycles. The molecule has 4 nitrogen and oxygen atoms in total. The molecule has 1 heterocycles. The van der Waals surface area contributed by atoms with Crippen LogP contribution in [0.5, 0.6) is 5.75 Å². The molecule has 1 aliphatic heterocycles. The van der Waals surface area contributed by atoms with E-state index in [1.54, 1.807) is 11.0 Å². The Morgan fingerprint density at radius 1 is 1.24 bits per heavy atom. The number of hydrogen-bond donors (Lipinski definition) is 1. The van der Waals surface area contributed by atoms with Gasteiger partial charge in [-0.05, 0) is 42.7 Å². The minimum Gasteiger partial charge on any atom is -0.491 e. The summed E-state index contributed by atoms with van der Waals surface area (Å²) in [6, 6.07) is 15.2. The fourth-order valence-electron chi connectivity index (χ4n) is 3.16. The van der Waals surface area contributed by atoms with Gasteiger partial charge in [-0.15, -0.1) is 0 Å². The summed E-state index contributed by atoms with van der Waals surface area (Å²) in [6.45, 7) is 1.10. The van der Waals surface area contributed by atoms with Gasteiger partial charge in [-0.1, -0.05) is 30.3 Å². The van der Waals surface area contributed by atoms with Gasteiger partial charge in [0, 0.05) is 6.54 Å². The molecule has 2 aromatic rings. The van der Waals surface area contributed by atoms with E-state index in [1.807, 2.05) is 30.3 Å². The second-order valence-corrected chi connectivity index (χ2v) is 6.28. The van der Waals surface area contributed by atoms with Crippen LogP contribution < -0.4 is 4.74 Å². The molecule has 3 rings (SSSR count). The minimum absolute atomic E-state index is 0.00687. The largest absolute Gasteiger partial charge is 0.491 e. The molecular weight excluding hydrogens is 321 g/mol. The third-order valence-electron chi connectivity index (χ3n) is 4.48. The van der Waals surface area contributed by atoms with Crippen molar-refractivity contribution in [2.75, 3.05) is 13.2 Å². The lowest BCUT2D eigenvalue weighted by atomic mass is 10.1. The second-order valence-electron chi connectivity index (χ2n) is 6.28. The summed E-state index contributed by atoms with van der Waals surface area (Å²) < 4.78 is 19.0. The first kappa shape index (κ1) is 17.4. The zero-order valence-corrected chi connectivity index (χ0v) is 14.0. The monoisotopic (exact) mass is 343 g/mol. The predicted octanol–water partition coefficient (Wildman–Crippen LogP) is 3.32. The number of benzene rings is 2. The molecule has 0 radical (unpaired) electrons. The number of para-hydroxylation sites is 1. The Labute approximate surface area is 146 Å². The number of hydrogen-bond acceptors (Lipinski definition) is 3. The van der Waals surface area contributed by atoms with Gasteiger partial charge in [0.15, 0.2) is 0 Å². The highest BCUT2D eigenvalue weighted by Gasteiger charge is 2.30. The molecular formula is C20H22FNO3. The standard InChI is InChI=1S/C20H22FNO3/c21-16-7-4-6-15(12-16)19(23)13-20(24)22-11-5-8-17(22)14-25-18-9-2-1-3-10-18/h1-4,6-7,9-10,12,17,19,23H,5,8,11,13-14H2. The number of ether oxygens (including phenoxy) is 1. The Morgan fingerprint density at radius 2 is 2.04 bits per heavy atom. The normalized spacial score (nSPS) is 18.2. The van der Waals surface area contributed by atoms with E-state index in [0.29, 0.717) is 18.7 Å². The number of rotatable bonds is 6. The van der Waals surface area contributed by atoms with E-state index in [2.05, 4.69) is 0 Å². The van der Waals surface area contributed by atoms with Crippen molar-refractivity contribution in [3.05, 3.63) is 66.0 Å². The van der Waals surface area contributed by atoms with E-state index in [1.165, 1.54) is 18.2 Å². The van der Waals surface area contributed by atoms with Crippen LogP contribution in [0, 0.1) is 5.82 Å². The van der Waals surface area contributed by atoms with Gasteiger partial charge < -0.3 is 14.7 Å². The van der Waals surface area contributed by atoms with Crippen LogP contribution in [-0.2, 0) is 4.79 Å². The first-order valence-electron chi connectivity index (χ1n) is 8.54. The van der Waals surface area contributed by atoms with E-state index < -0.39 is 11.9 Å². The van der Waals surface area contributed by atoms with E-state index in [-0.39, 0.29) is 18.4 Å². The van der Waals surface area contributed by atoms with Crippen molar-refractivity contribution >= 4 is 5.91 Å². The number of aliphatic hydroxyl groups is 1. The summed E-state index contributed by atoms with van der Waals surface area (Å²) in [7, 11) is 0. The topological polar surface area (TPSA) is 49.8 Å². The average molecular weight is 343 g/mol. The third kappa shape index (κ3) is 4.57. The Kier molecular flexibility index (Phi) is 5.66. The number of carbonyl (C=O) groups excluding carboxylic acids is 1. The zero-order valence-electron chi connectivity index (χ0n) is 14.0. The summed E-state index contributed by atoms with van der Waals surface area (Å²) in [5.74, 6) is 0.233. The van der Waals surface area contributed by atoms with Crippen LogP contribution >= 0.6 is 0 Å². The van der Waals surface area contributed by atoms with Crippen molar-refractivity contribution < 1.29 is 19.0 Å². The lowest BCUT2D eigenvalue weighted by Crippen LogP contribution is -2.39. The van der Waals surface area contributed by atoms with Gasteiger partial charge in [-0.2, -0.15) is 0 Å². The first-order valence-corrected chi connectivity index (χ1v) is 8.54. The number of nitrogens with zero attached hydrogens (tertiary/aromatic N) is 1. The van der Waals surface area contributed by atoms with Crippen LogP contribution in [-0.4, -0.2) is 35.1 Å². The van der Waals surface area contributed by atoms with Crippen molar-refractivity contribution in [2.45, 2.75) is 31.4 Å². The number of aliphatic hydroxyl groups excluding tert-OH is 1. The Bertz CT molecular complexity index is 707. The maximum absolute atomic E-state index is 13.3. The molecule has 1 N–H and O–H groups in total. The van der Waals surface area contributed by atoms with Crippen LogP contribution in [0.25, 0.3) is 0 Å². The summed E-state index contributed by atoms with van der Waals surface area (Å²) >= 11 is 0. The number of amides is 1. The van der Waals surface area contributed by atoms with Crippen molar-refractivity contribution in [1.82, 2.24) is 4.90 Å². The molecule has 1 amide bonds. The van der Waals surface area contributed by atoms with E-state index in [4.69, 9.17) is 4.74 Å². The maximum atomic E-state index is 13.3. The molecule has 0 aliphatic carbocycles. The van der Waals surface area contributed by atoms with Gasteiger partial charge in [0.05, 0.1) is 18.6 Å². The lowest BCUT2D eigenvalue weighted by Gasteiger charge is -2.26. The van der Waals surface area contributed by atoms with Crippen LogP contribution in [0.4, 0.5) is 4.39 Å². The summed E-state index contributed by atoms with van der Waals surface area (Å²) in [4.78, 5) is 14.3. The Morgan fingerprint density at radius 3 is 2.80 bits per heavy atom. The van der Waals surface area contributed by atoms with Crippen LogP contribution in [0.3, 0.4) is 0 Å². The average Bonchev–Trinajstić information content (AvgIpc) is 3.09. The third-order valence-corrected chi connectivity index (χ3v) is 4.48. The number of likely N-dealkylation sites (tertiary alicyclic amines) is 1. The quantitative estimate of drug-likeness (QED) is 0.875. The fraction of sp³-hybridized carbons (Fsp3) is 0.350. The molecule has 1 fully saturated rings. The van der Waals surface area contributed by atoms with Crippen LogP contribution in [0.15, 0.2) is 54.6 Å². The fourth-order valence-corrected chi connectivity index (χ4v) is 3.16. The minimum atomic E-state index is -1.00. The molecule has 0 saturated carbocycles. The smallest absolute Gasteiger partial charge is 0.225 e. The molecule has 1 saturated heterocycles. The van der Waals surface area contributed by atoms with E-state index in [0.717, 1.165) is 18.6 Å². The molecule has 2 atom stereocenters. The highest BCUT2D eigenvalue weighted by molar-refractivity contribution is 5.77. The molecule has 2 unspecified atom stereocenters. The van der Waals surface area contributed by atoms with E-state index in [9.17, 15) is 14.3 Å². The summed E-state index contributed by atoms with van der Waals surface area (Å²) in [5.41, 5.74) is 0.421. The van der Waals surface area contributed by atoms with Gasteiger partial charge in [0.1, 0.15) is 18.2 Å². The van der Waals surface area contributed by atoms with Crippen LogP contribution in [0.2, 0.25) is 0 Å². The Balaban J connectivity index is 1.57. The highest BCUT2D eigenvalue weighted by atomic mass is 19.1. The molecule has 25 heavy (non-hydrogen) atoms. The number of halogens is 1. The first-order chi connectivity index (χ1) is 12.1. The van der Waals surface area contributed by atoms with Gasteiger partial charge in [-0.3, -0.25) is 4.79 Å². The van der Waals surface area contributed by atoms with E-state index >= 15 is 0 Å². The van der Waals surface area contributed by atoms with Crippen molar-refractivity contribution in [3.63, 3.8) is 0 Å². The lowest BCUT2D eigenvalue weighted by molar-refractivity contribution is -0.134. The van der Waals surface area contributed by atoms with Crippen molar-refractivity contribution in [1.29, 1.82) is 0 Å². The molecule has 5 heteroatoms. The Hall–Kier alpha value is -2.40. The van der Waals surface area contributed by atoms with Gasteiger partial charge in [0.2, 0.25) is 5.91 Å². The van der Waals surface area contributed by atoms with Gasteiger partial charge >= 0.3 is 0 Å². The summed E-state index contributed by atoms with van der Waals surface area (Å²) in [5, 5.41) is 10.2. The zero-order chi connectivity index (χ0) is 17.6. The maximum Gasteiger partial charge on any atom is 0.225 e. The van der Waals surface area contributed by atoms with Crippen LogP contribution in [0.1, 0.15) is 30.9 Å². The van der Waals surface area contributed by atoms with Gasteiger partial charge in [-0.25, -0.2) is 4.39 Å².